The number of aromatic nitrogens is 1. The Hall–Kier alpha value is -3.39. The van der Waals surface area contributed by atoms with E-state index in [1.807, 2.05) is 24.4 Å². The van der Waals surface area contributed by atoms with Gasteiger partial charge >= 0.3 is 24.3 Å². The maximum absolute atomic E-state index is 10.6. The van der Waals surface area contributed by atoms with Gasteiger partial charge in [-0.25, -0.2) is 9.59 Å². The number of pyridine rings is 1. The Morgan fingerprint density at radius 3 is 1.94 bits per heavy atom. The highest BCUT2D eigenvalue weighted by atomic mass is 19.4. The minimum atomic E-state index is -5.08. The molecule has 36 heavy (non-hydrogen) atoms. The average molecular weight is 526 g/mol. The van der Waals surface area contributed by atoms with E-state index in [1.165, 1.54) is 11.1 Å². The average Bonchev–Trinajstić information content (AvgIpc) is 3.13. The van der Waals surface area contributed by atoms with Gasteiger partial charge in [-0.2, -0.15) is 26.3 Å². The van der Waals surface area contributed by atoms with E-state index < -0.39 is 24.3 Å². The first kappa shape index (κ1) is 30.6. The van der Waals surface area contributed by atoms with Gasteiger partial charge in [0.2, 0.25) is 0 Å². The largest absolute Gasteiger partial charge is 0.497 e. The molecule has 1 aliphatic heterocycles. The van der Waals surface area contributed by atoms with Gasteiger partial charge in [-0.15, -0.1) is 0 Å². The van der Waals surface area contributed by atoms with Crippen LogP contribution in [0.3, 0.4) is 0 Å². The van der Waals surface area contributed by atoms with Crippen molar-refractivity contribution in [2.24, 2.45) is 0 Å². The summed E-state index contributed by atoms with van der Waals surface area (Å²) in [4.78, 5) is 24.3. The number of rotatable bonds is 5. The highest BCUT2D eigenvalue weighted by molar-refractivity contribution is 5.73. The van der Waals surface area contributed by atoms with Gasteiger partial charge in [0.05, 0.1) is 13.2 Å². The summed E-state index contributed by atoms with van der Waals surface area (Å²) in [5.74, 6) is -4.64. The summed E-state index contributed by atoms with van der Waals surface area (Å²) in [7, 11) is 1.68. The van der Waals surface area contributed by atoms with Gasteiger partial charge < -0.3 is 20.1 Å². The standard InChI is InChI=1S/C18H22N2O2.2C2HF3O2/c1-22-16-6-4-14(5-7-16)13-20-10-8-18(21)17(20)11-15-3-2-9-19-12-15;2*3-2(4,5)1(6)7/h2-7,9,12,17-18,21H,8,10-11,13H2,1H3;2*(H,6,7)/t17-,18+;;/m0../s1. The number of aliphatic carboxylic acids is 2. The van der Waals surface area contributed by atoms with Crippen molar-refractivity contribution < 1.29 is 56.0 Å². The Kier molecular flexibility index (Phi) is 11.6. The number of alkyl halides is 6. The number of hydrogen-bond donors (Lipinski definition) is 3. The second kappa shape index (κ2) is 13.6. The van der Waals surface area contributed by atoms with E-state index >= 15 is 0 Å². The number of benzene rings is 1. The molecule has 2 atom stereocenters. The quantitative estimate of drug-likeness (QED) is 0.507. The van der Waals surface area contributed by atoms with Crippen LogP contribution in [0.1, 0.15) is 17.5 Å². The molecule has 0 spiro atoms. The molecule has 1 saturated heterocycles. The molecule has 1 aromatic heterocycles. The van der Waals surface area contributed by atoms with Gasteiger partial charge in [0, 0.05) is 31.5 Å². The summed E-state index contributed by atoms with van der Waals surface area (Å²) in [6.07, 6.45) is -5.09. The van der Waals surface area contributed by atoms with E-state index in [9.17, 15) is 31.4 Å². The Morgan fingerprint density at radius 1 is 1.00 bits per heavy atom. The minimum Gasteiger partial charge on any atom is -0.497 e. The number of hydrogen-bond acceptors (Lipinski definition) is 6. The molecular weight excluding hydrogens is 502 g/mol. The van der Waals surface area contributed by atoms with Crippen LogP contribution in [0.25, 0.3) is 0 Å². The molecule has 1 fully saturated rings. The molecule has 0 amide bonds. The van der Waals surface area contributed by atoms with Gasteiger partial charge in [-0.3, -0.25) is 9.88 Å². The van der Waals surface area contributed by atoms with E-state index in [1.54, 1.807) is 13.3 Å². The van der Waals surface area contributed by atoms with E-state index in [0.717, 1.165) is 31.7 Å². The molecule has 3 rings (SSSR count). The zero-order valence-corrected chi connectivity index (χ0v) is 18.8. The summed E-state index contributed by atoms with van der Waals surface area (Å²) >= 11 is 0. The van der Waals surface area contributed by atoms with Crippen molar-refractivity contribution in [3.05, 3.63) is 59.9 Å². The second-order valence-electron chi connectivity index (χ2n) is 7.41. The monoisotopic (exact) mass is 526 g/mol. The molecule has 200 valence electrons. The lowest BCUT2D eigenvalue weighted by molar-refractivity contribution is -0.193. The van der Waals surface area contributed by atoms with Gasteiger partial charge in [0.1, 0.15) is 5.75 Å². The summed E-state index contributed by atoms with van der Waals surface area (Å²) in [5, 5.41) is 24.5. The fraction of sp³-hybridized carbons (Fsp3) is 0.409. The van der Waals surface area contributed by atoms with E-state index in [4.69, 9.17) is 24.5 Å². The minimum absolute atomic E-state index is 0.159. The number of ether oxygens (including phenoxy) is 1. The molecule has 0 bridgehead atoms. The number of carboxylic acids is 2. The first-order valence-corrected chi connectivity index (χ1v) is 10.2. The third kappa shape index (κ3) is 10.9. The zero-order chi connectivity index (χ0) is 27.5. The molecule has 0 radical (unpaired) electrons. The van der Waals surface area contributed by atoms with Crippen LogP contribution in [0, 0.1) is 0 Å². The van der Waals surface area contributed by atoms with Gasteiger partial charge in [0.25, 0.3) is 0 Å². The van der Waals surface area contributed by atoms with Crippen LogP contribution in [0.5, 0.6) is 5.75 Å². The second-order valence-corrected chi connectivity index (χ2v) is 7.41. The number of aliphatic hydroxyl groups excluding tert-OH is 1. The number of carboxylic acid groups (broad SMARTS) is 2. The van der Waals surface area contributed by atoms with E-state index in [2.05, 4.69) is 28.1 Å². The lowest BCUT2D eigenvalue weighted by atomic mass is 10.0. The van der Waals surface area contributed by atoms with Gasteiger partial charge in [-0.1, -0.05) is 18.2 Å². The Labute approximate surface area is 201 Å². The first-order valence-electron chi connectivity index (χ1n) is 10.2. The lowest BCUT2D eigenvalue weighted by Crippen LogP contribution is -2.36. The highest BCUT2D eigenvalue weighted by Crippen LogP contribution is 2.24. The maximum Gasteiger partial charge on any atom is 0.490 e. The molecule has 0 aliphatic carbocycles. The predicted octanol–water partition coefficient (Wildman–Crippen LogP) is 3.53. The fourth-order valence-corrected chi connectivity index (χ4v) is 3.09. The Balaban J connectivity index is 0.000000383. The van der Waals surface area contributed by atoms with Crippen LogP contribution in [-0.4, -0.2) is 75.3 Å². The van der Waals surface area contributed by atoms with Crippen LogP contribution < -0.4 is 4.74 Å². The summed E-state index contributed by atoms with van der Waals surface area (Å²) in [6.45, 7) is 1.78. The Morgan fingerprint density at radius 2 is 1.53 bits per heavy atom. The molecule has 2 aromatic rings. The molecule has 1 aliphatic rings. The molecular formula is C22H24F6N2O6. The van der Waals surface area contributed by atoms with Crippen molar-refractivity contribution in [3.63, 3.8) is 0 Å². The van der Waals surface area contributed by atoms with Crippen LogP contribution in [0.15, 0.2) is 48.8 Å². The topological polar surface area (TPSA) is 120 Å². The third-order valence-electron chi connectivity index (χ3n) is 4.82. The lowest BCUT2D eigenvalue weighted by Gasteiger charge is -2.26. The van der Waals surface area contributed by atoms with Crippen molar-refractivity contribution in [3.8, 4) is 5.75 Å². The fourth-order valence-electron chi connectivity index (χ4n) is 3.09. The smallest absolute Gasteiger partial charge is 0.490 e. The van der Waals surface area contributed by atoms with E-state index in [-0.39, 0.29) is 12.1 Å². The molecule has 14 heteroatoms. The van der Waals surface area contributed by atoms with E-state index in [0.29, 0.717) is 0 Å². The Bertz CT molecular complexity index is 930. The van der Waals surface area contributed by atoms with Gasteiger partial charge in [0.15, 0.2) is 0 Å². The van der Waals surface area contributed by atoms with Crippen molar-refractivity contribution in [2.45, 2.75) is 43.9 Å². The molecule has 0 saturated carbocycles. The normalized spacial score (nSPS) is 17.8. The molecule has 2 heterocycles. The van der Waals surface area contributed by atoms with Crippen LogP contribution >= 0.6 is 0 Å². The summed E-state index contributed by atoms with van der Waals surface area (Å²) in [5.41, 5.74) is 2.42. The van der Waals surface area contributed by atoms with Crippen molar-refractivity contribution in [1.29, 1.82) is 0 Å². The number of carbonyl (C=O) groups is 2. The number of methoxy groups -OCH3 is 1. The molecule has 0 unspecified atom stereocenters. The van der Waals surface area contributed by atoms with Crippen molar-refractivity contribution in [1.82, 2.24) is 9.88 Å². The number of aliphatic hydroxyl groups is 1. The summed E-state index contributed by atoms with van der Waals surface area (Å²) in [6, 6.07) is 12.3. The van der Waals surface area contributed by atoms with Crippen molar-refractivity contribution >= 4 is 11.9 Å². The maximum atomic E-state index is 10.6. The zero-order valence-electron chi connectivity index (χ0n) is 18.8. The number of likely N-dealkylation sites (tertiary alicyclic amines) is 1. The third-order valence-corrected chi connectivity index (χ3v) is 4.82. The van der Waals surface area contributed by atoms with Crippen LogP contribution in [0.2, 0.25) is 0 Å². The molecule has 8 nitrogen and oxygen atoms in total. The molecule has 1 aromatic carbocycles. The number of nitrogens with zero attached hydrogens (tertiary/aromatic N) is 2. The molecule has 3 N–H and O–H groups in total. The first-order chi connectivity index (χ1) is 16.6. The van der Waals surface area contributed by atoms with Crippen LogP contribution in [-0.2, 0) is 22.6 Å². The van der Waals surface area contributed by atoms with Gasteiger partial charge in [-0.05, 0) is 42.2 Å². The SMILES string of the molecule is COc1ccc(CN2CC[C@@H](O)[C@@H]2Cc2cccnc2)cc1.O=C(O)C(F)(F)F.O=C(O)C(F)(F)F. The summed E-state index contributed by atoms with van der Waals surface area (Å²) < 4.78 is 68.7. The predicted molar refractivity (Wildman–Crippen MR) is 113 cm³/mol. The van der Waals surface area contributed by atoms with Crippen molar-refractivity contribution in [2.75, 3.05) is 13.7 Å². The number of halogens is 6. The van der Waals surface area contributed by atoms with Crippen LogP contribution in [0.4, 0.5) is 26.3 Å². The highest BCUT2D eigenvalue weighted by Gasteiger charge is 2.39.